The number of hydrogen-bond acceptors (Lipinski definition) is 4. The number of rotatable bonds is 2. The number of hydrogen-bond donors (Lipinski definition) is 2. The lowest BCUT2D eigenvalue weighted by atomic mass is 9.52. The predicted molar refractivity (Wildman–Crippen MR) is 104 cm³/mol. The van der Waals surface area contributed by atoms with E-state index in [0.29, 0.717) is 0 Å². The molecule has 6 nitrogen and oxygen atoms in total. The molecule has 2 aliphatic carbocycles. The number of non-ortho nitro benzene ring substituents is 1. The van der Waals surface area contributed by atoms with Gasteiger partial charge in [-0.2, -0.15) is 0 Å². The second kappa shape index (κ2) is 7.43. The van der Waals surface area contributed by atoms with Gasteiger partial charge in [0.2, 0.25) is 0 Å². The van der Waals surface area contributed by atoms with Crippen LogP contribution in [-0.2, 0) is 0 Å². The predicted octanol–water partition coefficient (Wildman–Crippen LogP) is 4.97. The maximum absolute atomic E-state index is 10.7. The molecule has 2 N–H and O–H groups in total. The summed E-state index contributed by atoms with van der Waals surface area (Å²) in [5.41, 5.74) is 1.14. The van der Waals surface area contributed by atoms with Crippen molar-refractivity contribution in [3.05, 3.63) is 51.6 Å². The molecule has 1 fully saturated rings. The zero-order valence-corrected chi connectivity index (χ0v) is 16.5. The molecule has 0 amide bonds. The first kappa shape index (κ1) is 21.1. The molecule has 3 rings (SSSR count). The topological polar surface area (TPSA) is 101 Å². The second-order valence-corrected chi connectivity index (χ2v) is 8.45. The SMILES string of the molecule is CC1=CCCC(C)(C)C12CCCC2(C)O.O=C(O)c1ccc([N+](=O)[O-])cc1. The average molecular weight is 375 g/mol. The van der Waals surface area contributed by atoms with Crippen LogP contribution in [0.5, 0.6) is 0 Å². The molecule has 1 spiro atoms. The van der Waals surface area contributed by atoms with Gasteiger partial charge in [0.15, 0.2) is 0 Å². The Balaban J connectivity index is 0.000000199. The van der Waals surface area contributed by atoms with Crippen LogP contribution in [-0.4, -0.2) is 26.7 Å². The van der Waals surface area contributed by atoms with E-state index in [1.165, 1.54) is 37.0 Å². The smallest absolute Gasteiger partial charge is 0.335 e. The Bertz CT molecular complexity index is 715. The summed E-state index contributed by atoms with van der Waals surface area (Å²) >= 11 is 0. The van der Waals surface area contributed by atoms with Crippen molar-refractivity contribution in [3.8, 4) is 0 Å². The molecule has 1 saturated carbocycles. The molecule has 27 heavy (non-hydrogen) atoms. The van der Waals surface area contributed by atoms with Crippen LogP contribution in [0.15, 0.2) is 35.9 Å². The first-order valence-electron chi connectivity index (χ1n) is 9.32. The monoisotopic (exact) mass is 375 g/mol. The summed E-state index contributed by atoms with van der Waals surface area (Å²) < 4.78 is 0. The molecule has 2 aliphatic rings. The van der Waals surface area contributed by atoms with E-state index in [-0.39, 0.29) is 22.1 Å². The quantitative estimate of drug-likeness (QED) is 0.432. The number of carboxylic acids is 1. The molecule has 0 bridgehead atoms. The lowest BCUT2D eigenvalue weighted by Gasteiger charge is -2.54. The number of allylic oxidation sites excluding steroid dienone is 1. The zero-order valence-electron chi connectivity index (χ0n) is 16.5. The molecule has 6 heteroatoms. The minimum atomic E-state index is -1.09. The molecular formula is C21H29NO5. The lowest BCUT2D eigenvalue weighted by Crippen LogP contribution is -2.53. The van der Waals surface area contributed by atoms with E-state index in [2.05, 4.69) is 26.8 Å². The molecule has 0 saturated heterocycles. The van der Waals surface area contributed by atoms with E-state index in [9.17, 15) is 20.0 Å². The van der Waals surface area contributed by atoms with E-state index in [1.54, 1.807) is 0 Å². The van der Waals surface area contributed by atoms with Crippen LogP contribution in [0.3, 0.4) is 0 Å². The van der Waals surface area contributed by atoms with E-state index in [0.717, 1.165) is 25.0 Å². The van der Waals surface area contributed by atoms with Gasteiger partial charge in [-0.3, -0.25) is 10.1 Å². The maximum atomic E-state index is 10.7. The number of carbonyl (C=O) groups is 1. The third-order valence-corrected chi connectivity index (χ3v) is 6.51. The maximum Gasteiger partial charge on any atom is 0.335 e. The fourth-order valence-electron chi connectivity index (χ4n) is 5.17. The van der Waals surface area contributed by atoms with Crippen LogP contribution in [0.1, 0.15) is 70.2 Å². The standard InChI is InChI=1S/C14H24O.C7H5NO4/c1-11-7-5-8-12(2,3)14(11)10-6-9-13(14,4)15;9-7(10)5-1-3-6(4-2-5)8(11)12/h7,15H,5-6,8-10H2,1-4H3;1-4H,(H,9,10). The van der Waals surface area contributed by atoms with Gasteiger partial charge in [0, 0.05) is 17.5 Å². The number of nitro groups is 1. The Hall–Kier alpha value is -2.21. The first-order valence-corrected chi connectivity index (χ1v) is 9.32. The van der Waals surface area contributed by atoms with E-state index < -0.39 is 16.5 Å². The van der Waals surface area contributed by atoms with Gasteiger partial charge >= 0.3 is 5.97 Å². The van der Waals surface area contributed by atoms with Gasteiger partial charge in [-0.15, -0.1) is 0 Å². The highest BCUT2D eigenvalue weighted by molar-refractivity contribution is 5.87. The van der Waals surface area contributed by atoms with Crippen LogP contribution < -0.4 is 0 Å². The van der Waals surface area contributed by atoms with Crippen molar-refractivity contribution in [1.29, 1.82) is 0 Å². The minimum Gasteiger partial charge on any atom is -0.478 e. The number of aliphatic hydroxyl groups is 1. The summed E-state index contributed by atoms with van der Waals surface area (Å²) in [6.07, 6.45) is 8.03. The summed E-state index contributed by atoms with van der Waals surface area (Å²) in [6, 6.07) is 4.70. The second-order valence-electron chi connectivity index (χ2n) is 8.45. The molecule has 2 atom stereocenters. The Morgan fingerprint density at radius 1 is 1.11 bits per heavy atom. The van der Waals surface area contributed by atoms with Crippen molar-refractivity contribution in [2.24, 2.45) is 10.8 Å². The Morgan fingerprint density at radius 2 is 1.70 bits per heavy atom. The molecule has 2 unspecified atom stereocenters. The van der Waals surface area contributed by atoms with Crippen molar-refractivity contribution in [1.82, 2.24) is 0 Å². The normalized spacial score (nSPS) is 28.9. The van der Waals surface area contributed by atoms with Crippen molar-refractivity contribution in [2.45, 2.75) is 65.4 Å². The molecule has 0 heterocycles. The Kier molecular flexibility index (Phi) is 5.80. The fraction of sp³-hybridized carbons (Fsp3) is 0.571. The molecule has 1 aromatic rings. The third kappa shape index (κ3) is 3.76. The van der Waals surface area contributed by atoms with Gasteiger partial charge < -0.3 is 10.2 Å². The van der Waals surface area contributed by atoms with Gasteiger partial charge in [-0.1, -0.05) is 25.5 Å². The number of carboxylic acid groups (broad SMARTS) is 1. The molecule has 0 radical (unpaired) electrons. The minimum absolute atomic E-state index is 0.0399. The summed E-state index contributed by atoms with van der Waals surface area (Å²) in [4.78, 5) is 19.9. The largest absolute Gasteiger partial charge is 0.478 e. The highest BCUT2D eigenvalue weighted by Crippen LogP contribution is 2.64. The van der Waals surface area contributed by atoms with Gasteiger partial charge in [0.25, 0.3) is 5.69 Å². The number of nitro benzene ring substituents is 1. The van der Waals surface area contributed by atoms with Crippen molar-refractivity contribution in [3.63, 3.8) is 0 Å². The van der Waals surface area contributed by atoms with Crippen molar-refractivity contribution >= 4 is 11.7 Å². The van der Waals surface area contributed by atoms with Gasteiger partial charge in [-0.25, -0.2) is 4.79 Å². The number of aromatic carboxylic acids is 1. The van der Waals surface area contributed by atoms with Crippen LogP contribution in [0.25, 0.3) is 0 Å². The highest BCUT2D eigenvalue weighted by atomic mass is 16.6. The average Bonchev–Trinajstić information content (AvgIpc) is 2.90. The lowest BCUT2D eigenvalue weighted by molar-refractivity contribution is -0.384. The van der Waals surface area contributed by atoms with Crippen LogP contribution >= 0.6 is 0 Å². The Morgan fingerprint density at radius 3 is 2.11 bits per heavy atom. The number of nitrogens with zero attached hydrogens (tertiary/aromatic N) is 1. The third-order valence-electron chi connectivity index (χ3n) is 6.51. The van der Waals surface area contributed by atoms with Crippen molar-refractivity contribution in [2.75, 3.05) is 0 Å². The van der Waals surface area contributed by atoms with Crippen LogP contribution in [0.2, 0.25) is 0 Å². The number of benzene rings is 1. The molecule has 0 aliphatic heterocycles. The van der Waals surface area contributed by atoms with Crippen molar-refractivity contribution < 1.29 is 19.9 Å². The summed E-state index contributed by atoms with van der Waals surface area (Å²) in [6.45, 7) is 8.94. The summed E-state index contributed by atoms with van der Waals surface area (Å²) in [7, 11) is 0. The molecule has 0 aromatic heterocycles. The molecule has 1 aromatic carbocycles. The van der Waals surface area contributed by atoms with E-state index in [1.807, 2.05) is 6.92 Å². The Labute approximate surface area is 160 Å². The van der Waals surface area contributed by atoms with Gasteiger partial charge in [-0.05, 0) is 63.5 Å². The van der Waals surface area contributed by atoms with Crippen LogP contribution in [0, 0.1) is 20.9 Å². The van der Waals surface area contributed by atoms with E-state index in [4.69, 9.17) is 5.11 Å². The molecular weight excluding hydrogens is 346 g/mol. The fourth-order valence-corrected chi connectivity index (χ4v) is 5.17. The highest BCUT2D eigenvalue weighted by Gasteiger charge is 2.60. The summed E-state index contributed by atoms with van der Waals surface area (Å²) in [5.74, 6) is -1.09. The molecule has 148 valence electrons. The van der Waals surface area contributed by atoms with Crippen LogP contribution in [0.4, 0.5) is 5.69 Å². The van der Waals surface area contributed by atoms with E-state index >= 15 is 0 Å². The first-order chi connectivity index (χ1) is 12.4. The van der Waals surface area contributed by atoms with Gasteiger partial charge in [0.1, 0.15) is 0 Å². The zero-order chi connectivity index (χ0) is 20.5. The summed E-state index contributed by atoms with van der Waals surface area (Å²) in [5, 5.41) is 29.3. The van der Waals surface area contributed by atoms with Gasteiger partial charge in [0.05, 0.1) is 16.1 Å².